The van der Waals surface area contributed by atoms with Gasteiger partial charge in [-0.05, 0) is 48.7 Å². The van der Waals surface area contributed by atoms with E-state index in [4.69, 9.17) is 9.47 Å². The minimum atomic E-state index is -0.145. The van der Waals surface area contributed by atoms with Crippen LogP contribution in [0.1, 0.15) is 52.4 Å². The maximum Gasteiger partial charge on any atom is 0.334 e. The lowest BCUT2D eigenvalue weighted by molar-refractivity contribution is -0.137. The van der Waals surface area contributed by atoms with Crippen LogP contribution in [-0.4, -0.2) is 25.2 Å². The second-order valence-electron chi connectivity index (χ2n) is 6.52. The van der Waals surface area contributed by atoms with Gasteiger partial charge in [-0.2, -0.15) is 0 Å². The summed E-state index contributed by atoms with van der Waals surface area (Å²) in [7, 11) is 0. The molecule has 0 saturated heterocycles. The van der Waals surface area contributed by atoms with Gasteiger partial charge in [-0.3, -0.25) is 0 Å². The second-order valence-corrected chi connectivity index (χ2v) is 6.52. The van der Waals surface area contributed by atoms with E-state index in [9.17, 15) is 9.59 Å². The van der Waals surface area contributed by atoms with Crippen LogP contribution in [-0.2, 0) is 19.1 Å². The van der Waals surface area contributed by atoms with Crippen molar-refractivity contribution in [3.8, 4) is 0 Å². The lowest BCUT2D eigenvalue weighted by Crippen LogP contribution is -2.22. The normalized spacial score (nSPS) is 28.6. The molecule has 0 aromatic carbocycles. The molecule has 2 heterocycles. The molecule has 0 N–H and O–H groups in total. The summed E-state index contributed by atoms with van der Waals surface area (Å²) in [5.41, 5.74) is 4.08. The molecule has 0 aromatic rings. The molecule has 0 saturated carbocycles. The van der Waals surface area contributed by atoms with Crippen molar-refractivity contribution in [2.45, 2.75) is 52.4 Å². The molecule has 3 rings (SSSR count). The Labute approximate surface area is 131 Å². The smallest absolute Gasteiger partial charge is 0.334 e. The third-order valence-corrected chi connectivity index (χ3v) is 5.29. The molecular formula is C18H24O4. The Morgan fingerprint density at radius 3 is 2.41 bits per heavy atom. The van der Waals surface area contributed by atoms with Gasteiger partial charge < -0.3 is 9.47 Å². The van der Waals surface area contributed by atoms with Crippen LogP contribution in [0.25, 0.3) is 0 Å². The van der Waals surface area contributed by atoms with Gasteiger partial charge in [-0.15, -0.1) is 0 Å². The Morgan fingerprint density at radius 1 is 1.00 bits per heavy atom. The molecule has 4 heteroatoms. The van der Waals surface area contributed by atoms with Crippen molar-refractivity contribution in [2.24, 2.45) is 11.8 Å². The molecule has 2 atom stereocenters. The Balaban J connectivity index is 2.01. The third kappa shape index (κ3) is 2.59. The van der Waals surface area contributed by atoms with E-state index in [0.29, 0.717) is 19.1 Å². The highest BCUT2D eigenvalue weighted by atomic mass is 16.5. The zero-order chi connectivity index (χ0) is 15.7. The average molecular weight is 304 g/mol. The molecule has 0 amide bonds. The summed E-state index contributed by atoms with van der Waals surface area (Å²) in [4.78, 5) is 24.3. The van der Waals surface area contributed by atoms with E-state index in [1.807, 2.05) is 0 Å². The van der Waals surface area contributed by atoms with Gasteiger partial charge >= 0.3 is 11.9 Å². The quantitative estimate of drug-likeness (QED) is 0.751. The number of carbonyl (C=O) groups is 2. The van der Waals surface area contributed by atoms with E-state index < -0.39 is 0 Å². The van der Waals surface area contributed by atoms with Crippen LogP contribution in [0.5, 0.6) is 0 Å². The number of rotatable bonds is 3. The van der Waals surface area contributed by atoms with E-state index in [2.05, 4.69) is 13.8 Å². The first-order valence-corrected chi connectivity index (χ1v) is 8.42. The van der Waals surface area contributed by atoms with Gasteiger partial charge in [0.25, 0.3) is 0 Å². The summed E-state index contributed by atoms with van der Waals surface area (Å²) in [6.07, 6.45) is 5.32. The summed E-state index contributed by atoms with van der Waals surface area (Å²) in [5, 5.41) is 0. The summed E-state index contributed by atoms with van der Waals surface area (Å²) in [6, 6.07) is 0. The third-order valence-electron chi connectivity index (χ3n) is 5.29. The van der Waals surface area contributed by atoms with Crippen LogP contribution >= 0.6 is 0 Å². The summed E-state index contributed by atoms with van der Waals surface area (Å²) in [6.45, 7) is 5.16. The topological polar surface area (TPSA) is 52.6 Å². The summed E-state index contributed by atoms with van der Waals surface area (Å²) < 4.78 is 10.6. The van der Waals surface area contributed by atoms with Crippen LogP contribution in [0.4, 0.5) is 0 Å². The van der Waals surface area contributed by atoms with Gasteiger partial charge in [0.05, 0.1) is 0 Å². The highest BCUT2D eigenvalue weighted by Gasteiger charge is 2.38. The zero-order valence-corrected chi connectivity index (χ0v) is 13.4. The van der Waals surface area contributed by atoms with Crippen LogP contribution in [0.3, 0.4) is 0 Å². The van der Waals surface area contributed by atoms with Gasteiger partial charge in [0.2, 0.25) is 0 Å². The van der Waals surface area contributed by atoms with Crippen molar-refractivity contribution >= 4 is 11.9 Å². The fourth-order valence-corrected chi connectivity index (χ4v) is 4.06. The first-order chi connectivity index (χ1) is 10.7. The van der Waals surface area contributed by atoms with Crippen molar-refractivity contribution in [1.82, 2.24) is 0 Å². The van der Waals surface area contributed by atoms with Crippen molar-refractivity contribution < 1.29 is 19.1 Å². The molecule has 0 radical (unpaired) electrons. The largest absolute Gasteiger partial charge is 0.458 e. The predicted octanol–water partition coefficient (Wildman–Crippen LogP) is 3.32. The molecule has 2 aliphatic heterocycles. The highest BCUT2D eigenvalue weighted by molar-refractivity contribution is 5.93. The fourth-order valence-electron chi connectivity index (χ4n) is 4.06. The SMILES string of the molecule is CCC[C@H]1C2=C(CCC3=C(C[C@H]1CC)C(=O)OC3)COC2=O. The van der Waals surface area contributed by atoms with E-state index in [-0.39, 0.29) is 17.9 Å². The number of hydrogen-bond acceptors (Lipinski definition) is 4. The average Bonchev–Trinajstić information content (AvgIpc) is 3.05. The maximum absolute atomic E-state index is 12.3. The molecule has 1 aliphatic carbocycles. The van der Waals surface area contributed by atoms with Gasteiger partial charge in [-0.25, -0.2) is 9.59 Å². The molecule has 0 spiro atoms. The molecule has 3 aliphatic rings. The minimum absolute atomic E-state index is 0.128. The Bertz CT molecular complexity index is 555. The predicted molar refractivity (Wildman–Crippen MR) is 82.0 cm³/mol. The van der Waals surface area contributed by atoms with Crippen molar-refractivity contribution in [1.29, 1.82) is 0 Å². The number of carbonyl (C=O) groups excluding carboxylic acids is 2. The second kappa shape index (κ2) is 6.27. The van der Waals surface area contributed by atoms with Crippen molar-refractivity contribution in [3.63, 3.8) is 0 Å². The van der Waals surface area contributed by atoms with Gasteiger partial charge in [0.1, 0.15) is 13.2 Å². The monoisotopic (exact) mass is 304 g/mol. The van der Waals surface area contributed by atoms with Crippen molar-refractivity contribution in [3.05, 3.63) is 22.3 Å². The van der Waals surface area contributed by atoms with Crippen LogP contribution in [0, 0.1) is 11.8 Å². The van der Waals surface area contributed by atoms with E-state index >= 15 is 0 Å². The zero-order valence-electron chi connectivity index (χ0n) is 13.4. The molecule has 0 aromatic heterocycles. The molecule has 0 fully saturated rings. The molecule has 4 nitrogen and oxygen atoms in total. The van der Waals surface area contributed by atoms with Crippen LogP contribution in [0.15, 0.2) is 22.3 Å². The van der Waals surface area contributed by atoms with Crippen LogP contribution < -0.4 is 0 Å². The molecule has 120 valence electrons. The van der Waals surface area contributed by atoms with E-state index in [0.717, 1.165) is 60.8 Å². The number of ether oxygens (including phenoxy) is 2. The van der Waals surface area contributed by atoms with E-state index in [1.54, 1.807) is 0 Å². The fraction of sp³-hybridized carbons (Fsp3) is 0.667. The summed E-state index contributed by atoms with van der Waals surface area (Å²) in [5.74, 6) is 0.245. The first kappa shape index (κ1) is 15.3. The Hall–Kier alpha value is -1.58. The summed E-state index contributed by atoms with van der Waals surface area (Å²) >= 11 is 0. The van der Waals surface area contributed by atoms with E-state index in [1.165, 1.54) is 0 Å². The molecular weight excluding hydrogens is 280 g/mol. The number of hydrogen-bond donors (Lipinski definition) is 0. The highest BCUT2D eigenvalue weighted by Crippen LogP contribution is 2.41. The molecule has 0 bridgehead atoms. The molecule has 22 heavy (non-hydrogen) atoms. The number of esters is 2. The van der Waals surface area contributed by atoms with Crippen LogP contribution in [0.2, 0.25) is 0 Å². The maximum atomic E-state index is 12.3. The van der Waals surface area contributed by atoms with Gasteiger partial charge in [0, 0.05) is 11.1 Å². The minimum Gasteiger partial charge on any atom is -0.458 e. The van der Waals surface area contributed by atoms with Gasteiger partial charge in [-0.1, -0.05) is 26.7 Å². The molecule has 0 unspecified atom stereocenters. The lowest BCUT2D eigenvalue weighted by atomic mass is 9.77. The number of cyclic esters (lactones) is 2. The van der Waals surface area contributed by atoms with Gasteiger partial charge in [0.15, 0.2) is 0 Å². The Kier molecular flexibility index (Phi) is 4.37. The first-order valence-electron chi connectivity index (χ1n) is 8.42. The standard InChI is InChI=1S/C18H24O4/c1-3-5-14-11(4-2)8-15-12(9-21-17(15)19)6-7-13-10-22-18(20)16(13)14/h11,14H,3-10H2,1-2H3/t11-,14-/m1/s1. The lowest BCUT2D eigenvalue weighted by Gasteiger charge is -2.26. The Morgan fingerprint density at radius 2 is 1.68 bits per heavy atom. The van der Waals surface area contributed by atoms with Crippen molar-refractivity contribution in [2.75, 3.05) is 13.2 Å².